The third kappa shape index (κ3) is 2.85. The Kier molecular flexibility index (Phi) is 3.41. The lowest BCUT2D eigenvalue weighted by molar-refractivity contribution is -0.385. The van der Waals surface area contributed by atoms with E-state index < -0.39 is 16.6 Å². The molecule has 2 aromatic rings. The van der Waals surface area contributed by atoms with Gasteiger partial charge in [-0.05, 0) is 25.1 Å². The highest BCUT2D eigenvalue weighted by atomic mass is 19.1. The van der Waals surface area contributed by atoms with E-state index in [1.165, 1.54) is 18.2 Å². The molecule has 0 atom stereocenters. The molecule has 0 amide bonds. The van der Waals surface area contributed by atoms with Crippen molar-refractivity contribution in [2.75, 3.05) is 5.32 Å². The van der Waals surface area contributed by atoms with Gasteiger partial charge in [-0.25, -0.2) is 8.78 Å². The fraction of sp³-hybridized carbons (Fsp3) is 0.0769. The minimum absolute atomic E-state index is 0.195. The van der Waals surface area contributed by atoms with Crippen LogP contribution in [0, 0.1) is 28.7 Å². The van der Waals surface area contributed by atoms with Gasteiger partial charge in [-0.1, -0.05) is 6.07 Å². The van der Waals surface area contributed by atoms with Crippen LogP contribution in [0.3, 0.4) is 0 Å². The van der Waals surface area contributed by atoms with Gasteiger partial charge < -0.3 is 5.32 Å². The van der Waals surface area contributed by atoms with Crippen LogP contribution in [0.15, 0.2) is 36.4 Å². The average Bonchev–Trinajstić information content (AvgIpc) is 2.34. The molecule has 0 heterocycles. The predicted octanol–water partition coefficient (Wildman–Crippen LogP) is 3.93. The van der Waals surface area contributed by atoms with Crippen LogP contribution in [0.25, 0.3) is 0 Å². The molecule has 0 aliphatic carbocycles. The molecule has 0 spiro atoms. The van der Waals surface area contributed by atoms with E-state index in [4.69, 9.17) is 0 Å². The van der Waals surface area contributed by atoms with E-state index in [1.54, 1.807) is 13.0 Å². The predicted molar refractivity (Wildman–Crippen MR) is 67.5 cm³/mol. The minimum atomic E-state index is -0.731. The quantitative estimate of drug-likeness (QED) is 0.675. The van der Waals surface area contributed by atoms with Crippen LogP contribution >= 0.6 is 0 Å². The molecular formula is C13H10F2N2O2. The molecule has 19 heavy (non-hydrogen) atoms. The lowest BCUT2D eigenvalue weighted by Crippen LogP contribution is -1.97. The number of benzene rings is 2. The van der Waals surface area contributed by atoms with Crippen molar-refractivity contribution in [1.82, 2.24) is 0 Å². The van der Waals surface area contributed by atoms with Crippen molar-refractivity contribution >= 4 is 17.1 Å². The minimum Gasteiger partial charge on any atom is -0.355 e. The van der Waals surface area contributed by atoms with E-state index in [9.17, 15) is 18.9 Å². The maximum Gasteiger partial charge on any atom is 0.274 e. The molecule has 0 aliphatic rings. The molecule has 0 fully saturated rings. The van der Waals surface area contributed by atoms with Gasteiger partial charge in [-0.3, -0.25) is 10.1 Å². The van der Waals surface area contributed by atoms with Crippen LogP contribution in [0.2, 0.25) is 0 Å². The maximum atomic E-state index is 13.3. The van der Waals surface area contributed by atoms with E-state index >= 15 is 0 Å². The van der Waals surface area contributed by atoms with Crippen LogP contribution < -0.4 is 5.32 Å². The fourth-order valence-corrected chi connectivity index (χ4v) is 1.65. The molecule has 4 nitrogen and oxygen atoms in total. The van der Waals surface area contributed by atoms with Crippen molar-refractivity contribution in [2.24, 2.45) is 0 Å². The van der Waals surface area contributed by atoms with E-state index in [2.05, 4.69) is 5.32 Å². The Labute approximate surface area is 107 Å². The zero-order chi connectivity index (χ0) is 14.0. The number of anilines is 2. The summed E-state index contributed by atoms with van der Waals surface area (Å²) in [6, 6.07) is 7.52. The number of nitrogens with one attached hydrogen (secondary N) is 1. The van der Waals surface area contributed by atoms with E-state index in [0.717, 1.165) is 12.1 Å². The zero-order valence-electron chi connectivity index (χ0n) is 9.98. The first-order valence-corrected chi connectivity index (χ1v) is 5.44. The first kappa shape index (κ1) is 12.9. The average molecular weight is 264 g/mol. The number of nitrogens with zero attached hydrogens (tertiary/aromatic N) is 1. The summed E-state index contributed by atoms with van der Waals surface area (Å²) in [5, 5.41) is 13.4. The second-order valence-corrected chi connectivity index (χ2v) is 3.99. The highest BCUT2D eigenvalue weighted by Crippen LogP contribution is 2.26. The Hall–Kier alpha value is -2.50. The van der Waals surface area contributed by atoms with Gasteiger partial charge in [0.15, 0.2) is 0 Å². The number of hydrogen-bond donors (Lipinski definition) is 1. The summed E-state index contributed by atoms with van der Waals surface area (Å²) in [6.45, 7) is 1.56. The van der Waals surface area contributed by atoms with Crippen LogP contribution in [0.4, 0.5) is 25.8 Å². The first-order chi connectivity index (χ1) is 8.97. The molecule has 2 rings (SSSR count). The molecular weight excluding hydrogens is 254 g/mol. The van der Waals surface area contributed by atoms with Gasteiger partial charge in [0.1, 0.15) is 11.6 Å². The molecule has 0 aromatic heterocycles. The highest BCUT2D eigenvalue weighted by molar-refractivity contribution is 5.65. The SMILES string of the molecule is Cc1c(F)cccc1Nc1cc(F)cc([N+](=O)[O-])c1. The molecule has 0 bridgehead atoms. The van der Waals surface area contributed by atoms with E-state index in [1.807, 2.05) is 0 Å². The van der Waals surface area contributed by atoms with Gasteiger partial charge in [0, 0.05) is 23.0 Å². The summed E-state index contributed by atoms with van der Waals surface area (Å²) in [7, 11) is 0. The molecule has 0 unspecified atom stereocenters. The topological polar surface area (TPSA) is 55.2 Å². The number of nitro benzene ring substituents is 1. The first-order valence-electron chi connectivity index (χ1n) is 5.44. The van der Waals surface area contributed by atoms with E-state index in [0.29, 0.717) is 11.3 Å². The Balaban J connectivity index is 2.38. The van der Waals surface area contributed by atoms with Crippen molar-refractivity contribution in [2.45, 2.75) is 6.92 Å². The molecule has 0 saturated carbocycles. The Morgan fingerprint density at radius 2 is 1.95 bits per heavy atom. The van der Waals surface area contributed by atoms with Gasteiger partial charge in [-0.15, -0.1) is 0 Å². The third-order valence-corrected chi connectivity index (χ3v) is 2.64. The van der Waals surface area contributed by atoms with Crippen molar-refractivity contribution < 1.29 is 13.7 Å². The zero-order valence-corrected chi connectivity index (χ0v) is 9.98. The van der Waals surface area contributed by atoms with Crippen molar-refractivity contribution in [3.63, 3.8) is 0 Å². The number of rotatable bonds is 3. The normalized spacial score (nSPS) is 10.3. The van der Waals surface area contributed by atoms with Crippen LogP contribution in [-0.2, 0) is 0 Å². The molecule has 6 heteroatoms. The maximum absolute atomic E-state index is 13.3. The Morgan fingerprint density at radius 1 is 1.21 bits per heavy atom. The third-order valence-electron chi connectivity index (χ3n) is 2.64. The number of halogens is 2. The number of hydrogen-bond acceptors (Lipinski definition) is 3. The molecule has 0 saturated heterocycles. The van der Waals surface area contributed by atoms with Gasteiger partial charge in [0.2, 0.25) is 0 Å². The van der Waals surface area contributed by atoms with Gasteiger partial charge in [-0.2, -0.15) is 0 Å². The van der Waals surface area contributed by atoms with Crippen molar-refractivity contribution in [1.29, 1.82) is 0 Å². The summed E-state index contributed by atoms with van der Waals surface area (Å²) in [6.07, 6.45) is 0. The number of nitro groups is 1. The summed E-state index contributed by atoms with van der Waals surface area (Å²) >= 11 is 0. The number of non-ortho nitro benzene ring substituents is 1. The van der Waals surface area contributed by atoms with Crippen LogP contribution in [-0.4, -0.2) is 4.92 Å². The van der Waals surface area contributed by atoms with Gasteiger partial charge in [0.25, 0.3) is 5.69 Å². The summed E-state index contributed by atoms with van der Waals surface area (Å²) in [5.41, 5.74) is 0.617. The van der Waals surface area contributed by atoms with Crippen LogP contribution in [0.1, 0.15) is 5.56 Å². The molecule has 0 aliphatic heterocycles. The molecule has 1 N–H and O–H groups in total. The summed E-state index contributed by atoms with van der Waals surface area (Å²) in [5.74, 6) is -1.14. The Morgan fingerprint density at radius 3 is 2.63 bits per heavy atom. The fourth-order valence-electron chi connectivity index (χ4n) is 1.65. The molecule has 98 valence electrons. The molecule has 0 radical (unpaired) electrons. The standard InChI is InChI=1S/C13H10F2N2O2/c1-8-12(15)3-2-4-13(8)16-10-5-9(14)6-11(7-10)17(18)19/h2-7,16H,1H3. The van der Waals surface area contributed by atoms with Crippen molar-refractivity contribution in [3.8, 4) is 0 Å². The Bertz CT molecular complexity index is 645. The van der Waals surface area contributed by atoms with Gasteiger partial charge >= 0.3 is 0 Å². The smallest absolute Gasteiger partial charge is 0.274 e. The van der Waals surface area contributed by atoms with Crippen LogP contribution in [0.5, 0.6) is 0 Å². The monoisotopic (exact) mass is 264 g/mol. The lowest BCUT2D eigenvalue weighted by atomic mass is 10.1. The second kappa shape index (κ2) is 5.01. The summed E-state index contributed by atoms with van der Waals surface area (Å²) in [4.78, 5) is 9.94. The largest absolute Gasteiger partial charge is 0.355 e. The van der Waals surface area contributed by atoms with Gasteiger partial charge in [0.05, 0.1) is 11.0 Å². The second-order valence-electron chi connectivity index (χ2n) is 3.99. The van der Waals surface area contributed by atoms with E-state index in [-0.39, 0.29) is 11.4 Å². The molecule has 2 aromatic carbocycles. The highest BCUT2D eigenvalue weighted by Gasteiger charge is 2.11. The lowest BCUT2D eigenvalue weighted by Gasteiger charge is -2.10. The summed E-state index contributed by atoms with van der Waals surface area (Å²) < 4.78 is 26.6. The van der Waals surface area contributed by atoms with Crippen molar-refractivity contribution in [3.05, 3.63) is 63.7 Å².